The Hall–Kier alpha value is -3.54. The van der Waals surface area contributed by atoms with Crippen molar-refractivity contribution in [3.63, 3.8) is 0 Å². The van der Waals surface area contributed by atoms with Gasteiger partial charge in [-0.05, 0) is 38.5 Å². The Morgan fingerprint density at radius 2 is 1.81 bits per heavy atom. The summed E-state index contributed by atoms with van der Waals surface area (Å²) in [5.74, 6) is -1.68. The molecule has 2 aliphatic heterocycles. The van der Waals surface area contributed by atoms with Crippen LogP contribution >= 0.6 is 0 Å². The summed E-state index contributed by atoms with van der Waals surface area (Å²) in [5, 5.41) is 20.9. The summed E-state index contributed by atoms with van der Waals surface area (Å²) in [6, 6.07) is 8.85. The fraction of sp³-hybridized carbons (Fsp3) is 0.280. The third-order valence-corrected chi connectivity index (χ3v) is 5.72. The number of ketones is 1. The van der Waals surface area contributed by atoms with Crippen LogP contribution in [0.4, 0.5) is 0 Å². The van der Waals surface area contributed by atoms with Crippen LogP contribution in [0.25, 0.3) is 11.6 Å². The number of hydrogen-bond donors (Lipinski definition) is 2. The molecule has 4 rings (SSSR count). The van der Waals surface area contributed by atoms with Gasteiger partial charge in [0.1, 0.15) is 34.5 Å². The largest absolute Gasteiger partial charge is 0.506 e. The lowest BCUT2D eigenvalue weighted by molar-refractivity contribution is -0.131. The maximum Gasteiger partial charge on any atom is 0.328 e. The highest BCUT2D eigenvalue weighted by atomic mass is 16.5. The standard InChI is InChI=1S/C25H24O6/c1-13-14(2)30-23-16-10-11-25(3,4)31-24(16)19(22(29)20(23)21(13)28)17(12-18(26)27)15-8-6-5-7-9-15/h5-14,29H,1-4H3,(H,26,27)/b17-12-/t13-,14-/m1/s1. The van der Waals surface area contributed by atoms with Crippen molar-refractivity contribution in [2.75, 3.05) is 0 Å². The lowest BCUT2D eigenvalue weighted by atomic mass is 9.83. The zero-order valence-electron chi connectivity index (χ0n) is 17.8. The molecule has 31 heavy (non-hydrogen) atoms. The van der Waals surface area contributed by atoms with Crippen LogP contribution in [0.5, 0.6) is 17.2 Å². The molecule has 0 unspecified atom stereocenters. The van der Waals surface area contributed by atoms with Gasteiger partial charge in [-0.2, -0.15) is 0 Å². The lowest BCUT2D eigenvalue weighted by Crippen LogP contribution is -2.35. The second-order valence-electron chi connectivity index (χ2n) is 8.45. The van der Waals surface area contributed by atoms with Crippen LogP contribution < -0.4 is 9.47 Å². The van der Waals surface area contributed by atoms with E-state index in [4.69, 9.17) is 9.47 Å². The molecular weight excluding hydrogens is 396 g/mol. The third kappa shape index (κ3) is 3.48. The summed E-state index contributed by atoms with van der Waals surface area (Å²) in [4.78, 5) is 24.9. The van der Waals surface area contributed by atoms with Gasteiger partial charge >= 0.3 is 5.97 Å². The molecule has 0 aliphatic carbocycles. The van der Waals surface area contributed by atoms with Gasteiger partial charge in [-0.25, -0.2) is 4.79 Å². The molecule has 0 spiro atoms. The van der Waals surface area contributed by atoms with Crippen LogP contribution in [0.2, 0.25) is 0 Å². The van der Waals surface area contributed by atoms with Crippen LogP contribution in [0.1, 0.15) is 54.7 Å². The number of carbonyl (C=O) groups is 2. The van der Waals surface area contributed by atoms with Gasteiger partial charge in [-0.3, -0.25) is 4.79 Å². The minimum absolute atomic E-state index is 0.0551. The number of phenolic OH excluding ortho intramolecular Hbond substituents is 1. The van der Waals surface area contributed by atoms with Gasteiger partial charge in [0.15, 0.2) is 5.78 Å². The van der Waals surface area contributed by atoms with E-state index in [2.05, 4.69) is 0 Å². The summed E-state index contributed by atoms with van der Waals surface area (Å²) < 4.78 is 12.2. The van der Waals surface area contributed by atoms with Crippen LogP contribution in [-0.4, -0.2) is 33.7 Å². The second-order valence-corrected chi connectivity index (χ2v) is 8.45. The number of Topliss-reactive ketones (excluding diaryl/α,β-unsaturated/α-hetero) is 1. The number of aliphatic carboxylic acids is 1. The van der Waals surface area contributed by atoms with Crippen LogP contribution in [0, 0.1) is 5.92 Å². The van der Waals surface area contributed by atoms with E-state index in [1.165, 1.54) is 0 Å². The fourth-order valence-corrected chi connectivity index (χ4v) is 3.92. The molecule has 2 aromatic carbocycles. The van der Waals surface area contributed by atoms with E-state index >= 15 is 0 Å². The number of hydrogen-bond acceptors (Lipinski definition) is 5. The molecule has 6 nitrogen and oxygen atoms in total. The Kier molecular flexibility index (Phi) is 4.88. The predicted molar refractivity (Wildman–Crippen MR) is 117 cm³/mol. The smallest absolute Gasteiger partial charge is 0.328 e. The molecule has 2 aromatic rings. The average molecular weight is 420 g/mol. The number of carboxylic acids is 1. The molecule has 0 radical (unpaired) electrons. The van der Waals surface area contributed by atoms with E-state index < -0.39 is 17.5 Å². The number of ether oxygens (including phenoxy) is 2. The van der Waals surface area contributed by atoms with E-state index in [0.29, 0.717) is 11.1 Å². The number of benzene rings is 2. The summed E-state index contributed by atoms with van der Waals surface area (Å²) in [6.45, 7) is 7.26. The van der Waals surface area contributed by atoms with Crippen LogP contribution in [0.15, 0.2) is 42.5 Å². The van der Waals surface area contributed by atoms with Crippen molar-refractivity contribution in [3.8, 4) is 17.2 Å². The van der Waals surface area contributed by atoms with E-state index in [1.54, 1.807) is 44.2 Å². The Morgan fingerprint density at radius 3 is 2.45 bits per heavy atom. The summed E-state index contributed by atoms with van der Waals surface area (Å²) in [7, 11) is 0. The van der Waals surface area contributed by atoms with Gasteiger partial charge in [0, 0.05) is 11.6 Å². The predicted octanol–water partition coefficient (Wildman–Crippen LogP) is 4.69. The number of phenols is 1. The topological polar surface area (TPSA) is 93.1 Å². The first kappa shape index (κ1) is 20.7. The maximum atomic E-state index is 13.2. The van der Waals surface area contributed by atoms with Gasteiger partial charge in [0.05, 0.1) is 17.0 Å². The Balaban J connectivity index is 2.11. The normalized spacial score (nSPS) is 21.5. The zero-order valence-corrected chi connectivity index (χ0v) is 17.8. The number of carbonyl (C=O) groups excluding carboxylic acids is 1. The first-order valence-corrected chi connectivity index (χ1v) is 10.1. The first-order chi connectivity index (χ1) is 14.6. The van der Waals surface area contributed by atoms with Crippen molar-refractivity contribution in [3.05, 3.63) is 64.7 Å². The number of carboxylic acid groups (broad SMARTS) is 1. The minimum atomic E-state index is -1.18. The lowest BCUT2D eigenvalue weighted by Gasteiger charge is -2.35. The van der Waals surface area contributed by atoms with E-state index in [9.17, 15) is 19.8 Å². The molecular formula is C25H24O6. The van der Waals surface area contributed by atoms with Gasteiger partial charge in [0.25, 0.3) is 0 Å². The van der Waals surface area contributed by atoms with Crippen molar-refractivity contribution in [1.82, 2.24) is 0 Å². The van der Waals surface area contributed by atoms with Gasteiger partial charge in [-0.1, -0.05) is 37.3 Å². The van der Waals surface area contributed by atoms with Crippen LogP contribution in [0.3, 0.4) is 0 Å². The minimum Gasteiger partial charge on any atom is -0.506 e. The van der Waals surface area contributed by atoms with E-state index in [-0.39, 0.29) is 45.8 Å². The van der Waals surface area contributed by atoms with Crippen molar-refractivity contribution >= 4 is 23.4 Å². The maximum absolute atomic E-state index is 13.2. The SMILES string of the molecule is C[C@H]1Oc2c3c(c(/C(=C\C(=O)O)c4ccccc4)c(O)c2C(=O)[C@@H]1C)OC(C)(C)C=C3. The van der Waals surface area contributed by atoms with Crippen molar-refractivity contribution in [2.24, 2.45) is 5.92 Å². The van der Waals surface area contributed by atoms with Crippen LogP contribution in [-0.2, 0) is 4.79 Å². The molecule has 0 bridgehead atoms. The molecule has 2 N–H and O–H groups in total. The van der Waals surface area contributed by atoms with E-state index in [1.807, 2.05) is 26.0 Å². The summed E-state index contributed by atoms with van der Waals surface area (Å²) >= 11 is 0. The third-order valence-electron chi connectivity index (χ3n) is 5.72. The fourth-order valence-electron chi connectivity index (χ4n) is 3.92. The molecule has 2 atom stereocenters. The van der Waals surface area contributed by atoms with Crippen molar-refractivity contribution in [2.45, 2.75) is 39.4 Å². The highest BCUT2D eigenvalue weighted by Crippen LogP contribution is 2.53. The highest BCUT2D eigenvalue weighted by Gasteiger charge is 2.40. The van der Waals surface area contributed by atoms with E-state index in [0.717, 1.165) is 6.08 Å². The Bertz CT molecular complexity index is 1140. The summed E-state index contributed by atoms with van der Waals surface area (Å²) in [5.41, 5.74) is 0.851. The average Bonchev–Trinajstić information content (AvgIpc) is 2.70. The molecule has 2 aliphatic rings. The van der Waals surface area contributed by atoms with Gasteiger partial charge in [-0.15, -0.1) is 0 Å². The quantitative estimate of drug-likeness (QED) is 0.700. The van der Waals surface area contributed by atoms with Gasteiger partial charge < -0.3 is 19.7 Å². The Labute approximate surface area is 180 Å². The molecule has 0 fully saturated rings. The Morgan fingerprint density at radius 1 is 1.13 bits per heavy atom. The van der Waals surface area contributed by atoms with Crippen molar-refractivity contribution in [1.29, 1.82) is 0 Å². The van der Waals surface area contributed by atoms with Gasteiger partial charge in [0.2, 0.25) is 0 Å². The van der Waals surface area contributed by atoms with Crippen molar-refractivity contribution < 1.29 is 29.3 Å². The molecule has 0 amide bonds. The number of aromatic hydroxyl groups is 1. The first-order valence-electron chi connectivity index (χ1n) is 10.1. The number of fused-ring (bicyclic) bond motifs is 3. The monoisotopic (exact) mass is 420 g/mol. The summed E-state index contributed by atoms with van der Waals surface area (Å²) in [6.07, 6.45) is 4.29. The molecule has 0 saturated heterocycles. The molecule has 160 valence electrons. The molecule has 2 heterocycles. The zero-order chi connectivity index (χ0) is 22.5. The molecule has 6 heteroatoms. The second kappa shape index (κ2) is 7.30. The highest BCUT2D eigenvalue weighted by molar-refractivity contribution is 6.09. The number of rotatable bonds is 3. The molecule has 0 aromatic heterocycles. The molecule has 0 saturated carbocycles.